The monoisotopic (exact) mass is 279 g/mol. The lowest BCUT2D eigenvalue weighted by atomic mass is 10.1. The highest BCUT2D eigenvalue weighted by atomic mass is 32.1. The highest BCUT2D eigenvalue weighted by Gasteiger charge is 2.26. The minimum absolute atomic E-state index is 0.00743. The van der Waals surface area contributed by atoms with Crippen LogP contribution in [0.4, 0.5) is 0 Å². The number of nitrogens with zero attached hydrogens (tertiary/aromatic N) is 3. The Morgan fingerprint density at radius 3 is 3.11 bits per heavy atom. The van der Waals surface area contributed by atoms with Crippen molar-refractivity contribution in [1.82, 2.24) is 15.0 Å². The Labute approximate surface area is 113 Å². The van der Waals surface area contributed by atoms with Gasteiger partial charge in [0.15, 0.2) is 5.69 Å². The number of ether oxygens (including phenoxy) is 1. The molecule has 0 aliphatic carbocycles. The van der Waals surface area contributed by atoms with Crippen molar-refractivity contribution in [1.29, 1.82) is 0 Å². The Balaban J connectivity index is 2.06. The highest BCUT2D eigenvalue weighted by molar-refractivity contribution is 7.13. The second-order valence-corrected chi connectivity index (χ2v) is 5.33. The van der Waals surface area contributed by atoms with E-state index in [9.17, 15) is 9.90 Å². The number of carboxylic acids is 1. The van der Waals surface area contributed by atoms with Gasteiger partial charge >= 0.3 is 5.97 Å². The fourth-order valence-electron chi connectivity index (χ4n) is 2.25. The van der Waals surface area contributed by atoms with Crippen LogP contribution in [0.1, 0.15) is 29.4 Å². The Bertz CT molecular complexity index is 573. The molecule has 1 aliphatic rings. The standard InChI is InChI=1S/C12H13N3O3S/c16-12(17)10-11(9-4-2-6-19-9)15(14-13-10)8-3-1-5-18-7-8/h2,4,6,8H,1,3,5,7H2,(H,16,17). The fraction of sp³-hybridized carbons (Fsp3) is 0.417. The first-order valence-electron chi connectivity index (χ1n) is 6.07. The van der Waals surface area contributed by atoms with Crippen molar-refractivity contribution in [3.8, 4) is 10.6 Å². The molecule has 0 aromatic carbocycles. The first kappa shape index (κ1) is 12.3. The zero-order valence-corrected chi connectivity index (χ0v) is 11.0. The van der Waals surface area contributed by atoms with Gasteiger partial charge in [0.25, 0.3) is 0 Å². The first-order valence-corrected chi connectivity index (χ1v) is 6.95. The molecule has 1 atom stereocenters. The second kappa shape index (κ2) is 5.10. The average molecular weight is 279 g/mol. The van der Waals surface area contributed by atoms with Crippen LogP contribution in [-0.4, -0.2) is 39.3 Å². The number of hydrogen-bond acceptors (Lipinski definition) is 5. The van der Waals surface area contributed by atoms with E-state index in [1.165, 1.54) is 11.3 Å². The second-order valence-electron chi connectivity index (χ2n) is 4.38. The summed E-state index contributed by atoms with van der Waals surface area (Å²) in [5.41, 5.74) is 0.589. The lowest BCUT2D eigenvalue weighted by molar-refractivity contribution is 0.0548. The van der Waals surface area contributed by atoms with Crippen LogP contribution in [0.5, 0.6) is 0 Å². The normalized spacial score (nSPS) is 19.5. The minimum atomic E-state index is -1.05. The largest absolute Gasteiger partial charge is 0.476 e. The van der Waals surface area contributed by atoms with Crippen molar-refractivity contribution in [3.63, 3.8) is 0 Å². The van der Waals surface area contributed by atoms with E-state index >= 15 is 0 Å². The lowest BCUT2D eigenvalue weighted by Crippen LogP contribution is -2.23. The van der Waals surface area contributed by atoms with Crippen LogP contribution in [-0.2, 0) is 4.74 Å². The van der Waals surface area contributed by atoms with E-state index in [1.54, 1.807) is 4.68 Å². The van der Waals surface area contributed by atoms with Crippen LogP contribution in [0.25, 0.3) is 10.6 Å². The smallest absolute Gasteiger partial charge is 0.358 e. The molecule has 0 radical (unpaired) electrons. The van der Waals surface area contributed by atoms with Gasteiger partial charge in [-0.25, -0.2) is 9.48 Å². The summed E-state index contributed by atoms with van der Waals surface area (Å²) >= 11 is 1.49. The van der Waals surface area contributed by atoms with Crippen molar-refractivity contribution < 1.29 is 14.6 Å². The molecule has 6 nitrogen and oxygen atoms in total. The number of aromatic nitrogens is 3. The van der Waals surface area contributed by atoms with Gasteiger partial charge in [0.2, 0.25) is 0 Å². The van der Waals surface area contributed by atoms with Gasteiger partial charge in [-0.15, -0.1) is 16.4 Å². The maximum atomic E-state index is 11.3. The first-order chi connectivity index (χ1) is 9.27. The molecule has 2 aromatic heterocycles. The topological polar surface area (TPSA) is 77.2 Å². The number of thiophene rings is 1. The predicted molar refractivity (Wildman–Crippen MR) is 69.4 cm³/mol. The third-order valence-electron chi connectivity index (χ3n) is 3.13. The molecule has 0 saturated carbocycles. The molecule has 1 fully saturated rings. The molecule has 1 N–H and O–H groups in total. The summed E-state index contributed by atoms with van der Waals surface area (Å²) in [4.78, 5) is 12.1. The molecule has 0 amide bonds. The van der Waals surface area contributed by atoms with Crippen LogP contribution in [0.2, 0.25) is 0 Å². The van der Waals surface area contributed by atoms with Gasteiger partial charge in [-0.1, -0.05) is 11.3 Å². The summed E-state index contributed by atoms with van der Waals surface area (Å²) in [5, 5.41) is 19.0. The van der Waals surface area contributed by atoms with Crippen molar-refractivity contribution >= 4 is 17.3 Å². The molecule has 1 unspecified atom stereocenters. The average Bonchev–Trinajstić information content (AvgIpc) is 3.08. The molecular formula is C12H13N3O3S. The van der Waals surface area contributed by atoms with Gasteiger partial charge < -0.3 is 9.84 Å². The van der Waals surface area contributed by atoms with Crippen LogP contribution in [0.3, 0.4) is 0 Å². The molecule has 3 heterocycles. The summed E-state index contributed by atoms with van der Waals surface area (Å²) in [6, 6.07) is 3.84. The Kier molecular flexibility index (Phi) is 3.31. The quantitative estimate of drug-likeness (QED) is 0.930. The van der Waals surface area contributed by atoms with E-state index in [4.69, 9.17) is 4.74 Å². The highest BCUT2D eigenvalue weighted by Crippen LogP contribution is 2.31. The number of carbonyl (C=O) groups is 1. The van der Waals surface area contributed by atoms with Gasteiger partial charge in [0.05, 0.1) is 17.5 Å². The predicted octanol–water partition coefficient (Wildman–Crippen LogP) is 2.06. The van der Waals surface area contributed by atoms with Gasteiger partial charge in [-0.05, 0) is 24.3 Å². The summed E-state index contributed by atoms with van der Waals surface area (Å²) in [6.07, 6.45) is 1.89. The number of hydrogen-bond donors (Lipinski definition) is 1. The molecule has 0 spiro atoms. The zero-order valence-electron chi connectivity index (χ0n) is 10.2. The van der Waals surface area contributed by atoms with E-state index in [0.717, 1.165) is 24.3 Å². The Morgan fingerprint density at radius 2 is 2.47 bits per heavy atom. The minimum Gasteiger partial charge on any atom is -0.476 e. The summed E-state index contributed by atoms with van der Waals surface area (Å²) in [6.45, 7) is 1.31. The molecule has 3 rings (SSSR count). The lowest BCUT2D eigenvalue weighted by Gasteiger charge is -2.23. The molecule has 0 bridgehead atoms. The molecule has 7 heteroatoms. The van der Waals surface area contributed by atoms with E-state index < -0.39 is 5.97 Å². The van der Waals surface area contributed by atoms with Crippen molar-refractivity contribution in [2.45, 2.75) is 18.9 Å². The van der Waals surface area contributed by atoms with Crippen LogP contribution < -0.4 is 0 Å². The molecule has 1 aliphatic heterocycles. The number of rotatable bonds is 3. The Hall–Kier alpha value is -1.73. The fourth-order valence-corrected chi connectivity index (χ4v) is 3.02. The third-order valence-corrected chi connectivity index (χ3v) is 4.01. The Morgan fingerprint density at radius 1 is 1.58 bits per heavy atom. The molecule has 2 aromatic rings. The van der Waals surface area contributed by atoms with Crippen LogP contribution in [0, 0.1) is 0 Å². The summed E-state index contributed by atoms with van der Waals surface area (Å²) < 4.78 is 7.15. The third kappa shape index (κ3) is 2.26. The SMILES string of the molecule is O=C(O)c1nnn(C2CCCOC2)c1-c1cccs1. The van der Waals surface area contributed by atoms with Gasteiger partial charge in [-0.3, -0.25) is 0 Å². The van der Waals surface area contributed by atoms with E-state index in [0.29, 0.717) is 12.3 Å². The van der Waals surface area contributed by atoms with Gasteiger partial charge in [0.1, 0.15) is 5.69 Å². The van der Waals surface area contributed by atoms with Crippen molar-refractivity contribution in [3.05, 3.63) is 23.2 Å². The maximum Gasteiger partial charge on any atom is 0.358 e. The van der Waals surface area contributed by atoms with E-state index in [1.807, 2.05) is 17.5 Å². The summed E-state index contributed by atoms with van der Waals surface area (Å²) in [5.74, 6) is -1.05. The van der Waals surface area contributed by atoms with Crippen molar-refractivity contribution in [2.75, 3.05) is 13.2 Å². The van der Waals surface area contributed by atoms with Gasteiger partial charge in [-0.2, -0.15) is 0 Å². The van der Waals surface area contributed by atoms with Crippen LogP contribution >= 0.6 is 11.3 Å². The molecular weight excluding hydrogens is 266 g/mol. The number of carboxylic acid groups (broad SMARTS) is 1. The van der Waals surface area contributed by atoms with Crippen molar-refractivity contribution in [2.24, 2.45) is 0 Å². The van der Waals surface area contributed by atoms with Crippen LogP contribution in [0.15, 0.2) is 17.5 Å². The molecule has 19 heavy (non-hydrogen) atoms. The van der Waals surface area contributed by atoms with Gasteiger partial charge in [0, 0.05) is 6.61 Å². The molecule has 100 valence electrons. The maximum absolute atomic E-state index is 11.3. The summed E-state index contributed by atoms with van der Waals surface area (Å²) in [7, 11) is 0. The number of aromatic carboxylic acids is 1. The molecule has 1 saturated heterocycles. The van der Waals surface area contributed by atoms with E-state index in [-0.39, 0.29) is 11.7 Å². The van der Waals surface area contributed by atoms with E-state index in [2.05, 4.69) is 10.3 Å². The zero-order chi connectivity index (χ0) is 13.2.